The third kappa shape index (κ3) is 5.91. The Bertz CT molecular complexity index is 1950. The number of benzene rings is 4. The predicted octanol–water partition coefficient (Wildman–Crippen LogP) is 6.64. The van der Waals surface area contributed by atoms with Crippen LogP contribution in [0.5, 0.6) is 11.5 Å². The summed E-state index contributed by atoms with van der Waals surface area (Å²) in [6, 6.07) is 25.7. The summed E-state index contributed by atoms with van der Waals surface area (Å²) in [4.78, 5) is 26.6. The first-order valence-electron chi connectivity index (χ1n) is 12.6. The lowest BCUT2D eigenvalue weighted by molar-refractivity contribution is 0.102. The Morgan fingerprint density at radius 3 is 2.24 bits per heavy atom. The van der Waals surface area contributed by atoms with E-state index in [-0.39, 0.29) is 26.9 Å². The van der Waals surface area contributed by atoms with Crippen molar-refractivity contribution in [2.75, 3.05) is 10.0 Å². The SMILES string of the molecule is Cc1c(NC(=O)c2cc(Cl)ccc2NS(=O)(=O)c2ccc(Oc3ccccc3Cl)cc2)c(=O)n(-c2ccccc2)n1C. The molecular weight excluding hydrogens is 599 g/mol. The molecule has 1 aromatic heterocycles. The molecule has 42 heavy (non-hydrogen) atoms. The second kappa shape index (κ2) is 11.8. The largest absolute Gasteiger partial charge is 0.456 e. The van der Waals surface area contributed by atoms with Gasteiger partial charge >= 0.3 is 0 Å². The molecule has 0 aliphatic heterocycles. The zero-order chi connectivity index (χ0) is 30.0. The summed E-state index contributed by atoms with van der Waals surface area (Å²) in [6.45, 7) is 1.69. The van der Waals surface area contributed by atoms with Crippen LogP contribution in [-0.2, 0) is 17.1 Å². The molecule has 0 saturated carbocycles. The van der Waals surface area contributed by atoms with Crippen LogP contribution in [0.3, 0.4) is 0 Å². The third-order valence-corrected chi connectivity index (χ3v) is 8.39. The number of hydrogen-bond donors (Lipinski definition) is 2. The van der Waals surface area contributed by atoms with Gasteiger partial charge in [-0.1, -0.05) is 53.5 Å². The number of aromatic nitrogens is 2. The molecule has 0 saturated heterocycles. The molecule has 0 bridgehead atoms. The van der Waals surface area contributed by atoms with E-state index in [0.29, 0.717) is 27.9 Å². The van der Waals surface area contributed by atoms with Gasteiger partial charge in [0.25, 0.3) is 21.5 Å². The molecule has 1 heterocycles. The lowest BCUT2D eigenvalue weighted by atomic mass is 10.1. The molecule has 1 amide bonds. The van der Waals surface area contributed by atoms with Gasteiger partial charge in [0, 0.05) is 12.1 Å². The molecule has 0 unspecified atom stereocenters. The number of nitrogens with zero attached hydrogens (tertiary/aromatic N) is 2. The van der Waals surface area contributed by atoms with Crippen molar-refractivity contribution in [2.45, 2.75) is 11.8 Å². The molecule has 0 radical (unpaired) electrons. The summed E-state index contributed by atoms with van der Waals surface area (Å²) < 4.78 is 37.7. The number of rotatable bonds is 8. The predicted molar refractivity (Wildman–Crippen MR) is 164 cm³/mol. The lowest BCUT2D eigenvalue weighted by Crippen LogP contribution is -2.24. The topological polar surface area (TPSA) is 111 Å². The summed E-state index contributed by atoms with van der Waals surface area (Å²) in [5, 5.41) is 3.26. The quantitative estimate of drug-likeness (QED) is 0.202. The minimum Gasteiger partial charge on any atom is -0.456 e. The van der Waals surface area contributed by atoms with Crippen LogP contribution >= 0.6 is 23.2 Å². The molecule has 0 fully saturated rings. The zero-order valence-corrected chi connectivity index (χ0v) is 24.7. The van der Waals surface area contributed by atoms with Crippen LogP contribution in [0.4, 0.5) is 11.4 Å². The number of para-hydroxylation sites is 2. The molecule has 0 spiro atoms. The minimum atomic E-state index is -4.13. The first-order chi connectivity index (χ1) is 20.0. The molecule has 0 aliphatic rings. The number of anilines is 2. The van der Waals surface area contributed by atoms with E-state index in [1.54, 1.807) is 67.2 Å². The number of halogens is 2. The van der Waals surface area contributed by atoms with Crippen molar-refractivity contribution in [1.29, 1.82) is 0 Å². The van der Waals surface area contributed by atoms with Crippen LogP contribution in [0.2, 0.25) is 10.0 Å². The summed E-state index contributed by atoms with van der Waals surface area (Å²) in [5.74, 6) is 0.0894. The van der Waals surface area contributed by atoms with Crippen LogP contribution < -0.4 is 20.3 Å². The Morgan fingerprint density at radius 2 is 1.55 bits per heavy atom. The Hall–Kier alpha value is -4.51. The van der Waals surface area contributed by atoms with Gasteiger partial charge in [0.15, 0.2) is 0 Å². The second-order valence-electron chi connectivity index (χ2n) is 9.19. The summed E-state index contributed by atoms with van der Waals surface area (Å²) >= 11 is 12.3. The van der Waals surface area contributed by atoms with E-state index in [9.17, 15) is 18.0 Å². The van der Waals surface area contributed by atoms with Crippen LogP contribution in [0, 0.1) is 6.92 Å². The van der Waals surface area contributed by atoms with E-state index in [4.69, 9.17) is 27.9 Å². The molecule has 2 N–H and O–H groups in total. The van der Waals surface area contributed by atoms with E-state index in [1.807, 2.05) is 6.07 Å². The number of amides is 1. The summed E-state index contributed by atoms with van der Waals surface area (Å²) in [6.07, 6.45) is 0. The van der Waals surface area contributed by atoms with Crippen LogP contribution in [0.15, 0.2) is 107 Å². The lowest BCUT2D eigenvalue weighted by Gasteiger charge is -2.14. The van der Waals surface area contributed by atoms with Crippen molar-refractivity contribution in [3.05, 3.63) is 129 Å². The van der Waals surface area contributed by atoms with Gasteiger partial charge < -0.3 is 10.1 Å². The fourth-order valence-corrected chi connectivity index (χ4v) is 5.66. The molecule has 5 aromatic rings. The molecule has 214 valence electrons. The van der Waals surface area contributed by atoms with Gasteiger partial charge in [-0.25, -0.2) is 13.1 Å². The first kappa shape index (κ1) is 29.0. The Morgan fingerprint density at radius 1 is 0.881 bits per heavy atom. The summed E-state index contributed by atoms with van der Waals surface area (Å²) in [7, 11) is -2.43. The van der Waals surface area contributed by atoms with Gasteiger partial charge in [0.2, 0.25) is 0 Å². The number of carbonyl (C=O) groups excluding carboxylic acids is 1. The van der Waals surface area contributed by atoms with E-state index < -0.39 is 21.5 Å². The highest BCUT2D eigenvalue weighted by Crippen LogP contribution is 2.30. The van der Waals surface area contributed by atoms with Crippen molar-refractivity contribution < 1.29 is 17.9 Å². The Kier molecular flexibility index (Phi) is 8.13. The van der Waals surface area contributed by atoms with Crippen molar-refractivity contribution >= 4 is 50.5 Å². The maximum Gasteiger partial charge on any atom is 0.295 e. The highest BCUT2D eigenvalue weighted by atomic mass is 35.5. The van der Waals surface area contributed by atoms with Crippen molar-refractivity contribution in [1.82, 2.24) is 9.36 Å². The normalized spacial score (nSPS) is 11.2. The molecule has 4 aromatic carbocycles. The van der Waals surface area contributed by atoms with Gasteiger partial charge in [0.1, 0.15) is 17.2 Å². The van der Waals surface area contributed by atoms with E-state index >= 15 is 0 Å². The second-order valence-corrected chi connectivity index (χ2v) is 11.7. The fourth-order valence-electron chi connectivity index (χ4n) is 4.23. The summed E-state index contributed by atoms with van der Waals surface area (Å²) in [5.41, 5.74) is 0.629. The smallest absolute Gasteiger partial charge is 0.295 e. The highest BCUT2D eigenvalue weighted by molar-refractivity contribution is 7.92. The number of ether oxygens (including phenoxy) is 1. The van der Waals surface area contributed by atoms with E-state index in [1.165, 1.54) is 47.1 Å². The van der Waals surface area contributed by atoms with E-state index in [0.717, 1.165) is 0 Å². The third-order valence-electron chi connectivity index (χ3n) is 6.46. The molecule has 9 nitrogen and oxygen atoms in total. The molecular formula is C30H24Cl2N4O5S. The number of carbonyl (C=O) groups is 1. The molecule has 12 heteroatoms. The van der Waals surface area contributed by atoms with Gasteiger partial charge in [-0.2, -0.15) is 0 Å². The van der Waals surface area contributed by atoms with Crippen LogP contribution in [0.25, 0.3) is 5.69 Å². The maximum absolute atomic E-state index is 13.4. The highest BCUT2D eigenvalue weighted by Gasteiger charge is 2.23. The molecule has 0 atom stereocenters. The van der Waals surface area contributed by atoms with Gasteiger partial charge in [-0.3, -0.25) is 19.0 Å². The maximum atomic E-state index is 13.4. The van der Waals surface area contributed by atoms with Gasteiger partial charge in [-0.15, -0.1) is 0 Å². The van der Waals surface area contributed by atoms with Crippen molar-refractivity contribution in [3.8, 4) is 17.2 Å². The number of hydrogen-bond acceptors (Lipinski definition) is 5. The fraction of sp³-hybridized carbons (Fsp3) is 0.0667. The minimum absolute atomic E-state index is 0.0229. The van der Waals surface area contributed by atoms with Gasteiger partial charge in [-0.05, 0) is 73.7 Å². The van der Waals surface area contributed by atoms with Gasteiger partial charge in [0.05, 0.1) is 32.6 Å². The molecule has 0 aliphatic carbocycles. The van der Waals surface area contributed by atoms with Crippen LogP contribution in [0.1, 0.15) is 16.1 Å². The van der Waals surface area contributed by atoms with Crippen molar-refractivity contribution in [2.24, 2.45) is 7.05 Å². The average molecular weight is 624 g/mol. The average Bonchev–Trinajstić information content (AvgIpc) is 3.18. The zero-order valence-electron chi connectivity index (χ0n) is 22.3. The number of nitrogens with one attached hydrogen (secondary N) is 2. The Balaban J connectivity index is 1.40. The molecule has 5 rings (SSSR count). The Labute approximate surface area is 251 Å². The standard InChI is InChI=1S/C30H24Cl2N4O5S/c1-19-28(30(38)36(35(19)2)21-8-4-3-5-9-21)33-29(37)24-18-20(31)12-17-26(24)34-42(39,40)23-15-13-22(14-16-23)41-27-11-7-6-10-25(27)32/h3-18,34H,1-2H3,(H,33,37). The van der Waals surface area contributed by atoms with E-state index in [2.05, 4.69) is 10.0 Å². The first-order valence-corrected chi connectivity index (χ1v) is 14.8. The van der Waals surface area contributed by atoms with Crippen molar-refractivity contribution in [3.63, 3.8) is 0 Å². The number of sulfonamides is 1. The van der Waals surface area contributed by atoms with Crippen LogP contribution in [-0.4, -0.2) is 23.7 Å². The monoisotopic (exact) mass is 622 g/mol.